The number of nitrogens with zero attached hydrogens (tertiary/aromatic N) is 1. The summed E-state index contributed by atoms with van der Waals surface area (Å²) in [5.74, 6) is 0. The van der Waals surface area contributed by atoms with Crippen molar-refractivity contribution in [1.29, 1.82) is 0 Å². The van der Waals surface area contributed by atoms with Crippen LogP contribution in [0.2, 0.25) is 0 Å². The van der Waals surface area contributed by atoms with Crippen molar-refractivity contribution in [3.63, 3.8) is 0 Å². The van der Waals surface area contributed by atoms with Gasteiger partial charge in [0.1, 0.15) is 0 Å². The van der Waals surface area contributed by atoms with Crippen molar-refractivity contribution in [1.82, 2.24) is 10.2 Å². The normalized spacial score (nSPS) is 11.2. The van der Waals surface area contributed by atoms with E-state index >= 15 is 0 Å². The van der Waals surface area contributed by atoms with Crippen molar-refractivity contribution in [2.45, 2.75) is 32.4 Å². The Morgan fingerprint density at radius 2 is 0.944 bits per heavy atom. The largest absolute Gasteiger partial charge is 0.330 e. The van der Waals surface area contributed by atoms with Gasteiger partial charge in [0.15, 0.2) is 0 Å². The van der Waals surface area contributed by atoms with Gasteiger partial charge in [0.2, 0.25) is 0 Å². The van der Waals surface area contributed by atoms with Crippen LogP contribution >= 0.6 is 0 Å². The van der Waals surface area contributed by atoms with E-state index in [0.717, 1.165) is 58.5 Å². The fourth-order valence-corrected chi connectivity index (χ4v) is 4.54. The Labute approximate surface area is 217 Å². The Kier molecular flexibility index (Phi) is 10.3. The molecule has 3 heteroatoms. The highest BCUT2D eigenvalue weighted by Gasteiger charge is 2.09. The molecule has 36 heavy (non-hydrogen) atoms. The van der Waals surface area contributed by atoms with Gasteiger partial charge in [-0.25, -0.2) is 0 Å². The van der Waals surface area contributed by atoms with Crippen LogP contribution in [0.3, 0.4) is 0 Å². The standard InChI is InChI=1S/C33H39N3/c34-22-7-8-23-35-24-9-25-36(26-28-14-18-32(19-15-28)30-10-3-1-4-11-30)27-29-16-20-33(21-17-29)31-12-5-2-6-13-31/h1-6,10-21,35H,7-9,22-27,34H2. The molecule has 186 valence electrons. The maximum absolute atomic E-state index is 5.61. The monoisotopic (exact) mass is 477 g/mol. The maximum Gasteiger partial charge on any atom is 0.0237 e. The van der Waals surface area contributed by atoms with Crippen LogP contribution in [0.4, 0.5) is 0 Å². The number of unbranched alkanes of at least 4 members (excludes halogenated alkanes) is 1. The first-order chi connectivity index (χ1) is 17.8. The highest BCUT2D eigenvalue weighted by Crippen LogP contribution is 2.22. The zero-order valence-corrected chi connectivity index (χ0v) is 21.3. The van der Waals surface area contributed by atoms with Crippen LogP contribution in [0.15, 0.2) is 109 Å². The summed E-state index contributed by atoms with van der Waals surface area (Å²) in [6.07, 6.45) is 3.38. The van der Waals surface area contributed by atoms with E-state index in [-0.39, 0.29) is 0 Å². The minimum absolute atomic E-state index is 0.779. The lowest BCUT2D eigenvalue weighted by Crippen LogP contribution is -2.27. The Morgan fingerprint density at radius 1 is 0.500 bits per heavy atom. The number of nitrogens with two attached hydrogens (primary N) is 1. The average Bonchev–Trinajstić information content (AvgIpc) is 2.94. The molecule has 0 radical (unpaired) electrons. The Morgan fingerprint density at radius 3 is 1.42 bits per heavy atom. The predicted molar refractivity (Wildman–Crippen MR) is 154 cm³/mol. The first-order valence-corrected chi connectivity index (χ1v) is 13.2. The van der Waals surface area contributed by atoms with Crippen LogP contribution < -0.4 is 11.1 Å². The van der Waals surface area contributed by atoms with Crippen molar-refractivity contribution in [3.8, 4) is 22.3 Å². The third-order valence-corrected chi connectivity index (χ3v) is 6.57. The lowest BCUT2D eigenvalue weighted by atomic mass is 10.0. The van der Waals surface area contributed by atoms with Crippen molar-refractivity contribution in [2.24, 2.45) is 5.73 Å². The molecule has 0 spiro atoms. The van der Waals surface area contributed by atoms with Gasteiger partial charge in [-0.05, 0) is 72.3 Å². The molecule has 0 aliphatic rings. The summed E-state index contributed by atoms with van der Waals surface area (Å²) in [5.41, 5.74) is 13.4. The van der Waals surface area contributed by atoms with Crippen LogP contribution in [0.25, 0.3) is 22.3 Å². The van der Waals surface area contributed by atoms with Gasteiger partial charge < -0.3 is 11.1 Å². The molecule has 0 saturated heterocycles. The molecule has 0 fully saturated rings. The second-order valence-corrected chi connectivity index (χ2v) is 9.44. The van der Waals surface area contributed by atoms with Crippen molar-refractivity contribution in [2.75, 3.05) is 26.2 Å². The molecule has 0 bridgehead atoms. The predicted octanol–water partition coefficient (Wildman–Crippen LogP) is 6.74. The van der Waals surface area contributed by atoms with Gasteiger partial charge in [0, 0.05) is 19.6 Å². The molecule has 0 saturated carbocycles. The average molecular weight is 478 g/mol. The molecule has 0 amide bonds. The third kappa shape index (κ3) is 8.17. The van der Waals surface area contributed by atoms with Crippen molar-refractivity contribution < 1.29 is 0 Å². The van der Waals surface area contributed by atoms with Crippen LogP contribution in [0, 0.1) is 0 Å². The van der Waals surface area contributed by atoms with E-state index in [1.165, 1.54) is 33.4 Å². The first-order valence-electron chi connectivity index (χ1n) is 13.2. The van der Waals surface area contributed by atoms with Gasteiger partial charge in [-0.2, -0.15) is 0 Å². The summed E-state index contributed by atoms with van der Waals surface area (Å²) in [6.45, 7) is 5.83. The highest BCUT2D eigenvalue weighted by atomic mass is 15.1. The second-order valence-electron chi connectivity index (χ2n) is 9.44. The molecule has 4 aromatic carbocycles. The lowest BCUT2D eigenvalue weighted by Gasteiger charge is -2.23. The Hall–Kier alpha value is -3.24. The number of rotatable bonds is 14. The van der Waals surface area contributed by atoms with Crippen LogP contribution in [0.5, 0.6) is 0 Å². The van der Waals surface area contributed by atoms with Gasteiger partial charge in [-0.15, -0.1) is 0 Å². The van der Waals surface area contributed by atoms with Crippen molar-refractivity contribution in [3.05, 3.63) is 120 Å². The van der Waals surface area contributed by atoms with E-state index in [4.69, 9.17) is 5.73 Å². The topological polar surface area (TPSA) is 41.3 Å². The SMILES string of the molecule is NCCCCNCCCN(Cc1ccc(-c2ccccc2)cc1)Cc1ccc(-c2ccccc2)cc1. The molecular formula is C33H39N3. The van der Waals surface area contributed by atoms with Gasteiger partial charge in [0.05, 0.1) is 0 Å². The van der Waals surface area contributed by atoms with E-state index in [1.807, 2.05) is 0 Å². The molecule has 0 aliphatic carbocycles. The molecule has 4 aromatic rings. The molecule has 0 atom stereocenters. The van der Waals surface area contributed by atoms with Gasteiger partial charge >= 0.3 is 0 Å². The van der Waals surface area contributed by atoms with Crippen molar-refractivity contribution >= 4 is 0 Å². The Bertz CT molecular complexity index is 1040. The molecule has 3 nitrogen and oxygen atoms in total. The quantitative estimate of drug-likeness (QED) is 0.198. The van der Waals surface area contributed by atoms with Crippen LogP contribution in [-0.2, 0) is 13.1 Å². The zero-order valence-electron chi connectivity index (χ0n) is 21.3. The summed E-state index contributed by atoms with van der Waals surface area (Å²) in [5, 5.41) is 3.57. The number of hydrogen-bond acceptors (Lipinski definition) is 3. The molecule has 3 N–H and O–H groups in total. The third-order valence-electron chi connectivity index (χ3n) is 6.57. The zero-order chi connectivity index (χ0) is 24.8. The fraction of sp³-hybridized carbons (Fsp3) is 0.273. The van der Waals surface area contributed by atoms with E-state index in [9.17, 15) is 0 Å². The minimum atomic E-state index is 0.779. The van der Waals surface area contributed by atoms with Gasteiger partial charge in [-0.1, -0.05) is 109 Å². The summed E-state index contributed by atoms with van der Waals surface area (Å²) >= 11 is 0. The van der Waals surface area contributed by atoms with E-state index in [0.29, 0.717) is 0 Å². The van der Waals surface area contributed by atoms with Gasteiger partial charge in [0.25, 0.3) is 0 Å². The molecule has 4 rings (SSSR count). The smallest absolute Gasteiger partial charge is 0.0237 e. The number of nitrogens with one attached hydrogen (secondary N) is 1. The second kappa shape index (κ2) is 14.4. The fourth-order valence-electron chi connectivity index (χ4n) is 4.54. The van der Waals surface area contributed by atoms with E-state index < -0.39 is 0 Å². The maximum atomic E-state index is 5.61. The molecular weight excluding hydrogens is 438 g/mol. The molecule has 0 aromatic heterocycles. The lowest BCUT2D eigenvalue weighted by molar-refractivity contribution is 0.252. The number of benzene rings is 4. The summed E-state index contributed by atoms with van der Waals surface area (Å²) in [6, 6.07) is 39.3. The molecule has 0 heterocycles. The summed E-state index contributed by atoms with van der Waals surface area (Å²) < 4.78 is 0. The molecule has 0 unspecified atom stereocenters. The minimum Gasteiger partial charge on any atom is -0.330 e. The Balaban J connectivity index is 1.38. The van der Waals surface area contributed by atoms with E-state index in [1.54, 1.807) is 0 Å². The van der Waals surface area contributed by atoms with Crippen LogP contribution in [0.1, 0.15) is 30.4 Å². The highest BCUT2D eigenvalue weighted by molar-refractivity contribution is 5.64. The van der Waals surface area contributed by atoms with E-state index in [2.05, 4.69) is 119 Å². The van der Waals surface area contributed by atoms with Crippen LogP contribution in [-0.4, -0.2) is 31.1 Å². The first kappa shape index (κ1) is 25.8. The summed E-state index contributed by atoms with van der Waals surface area (Å²) in [7, 11) is 0. The van der Waals surface area contributed by atoms with Gasteiger partial charge in [-0.3, -0.25) is 4.90 Å². The summed E-state index contributed by atoms with van der Waals surface area (Å²) in [4.78, 5) is 2.57. The number of hydrogen-bond donors (Lipinski definition) is 2. The molecule has 0 aliphatic heterocycles.